The summed E-state index contributed by atoms with van der Waals surface area (Å²) in [5, 5.41) is 0. The largest absolute Gasteiger partial charge is 2.00 e. The number of rotatable bonds is 0. The molecule has 0 radical (unpaired) electrons. The number of hydrogen-bond acceptors (Lipinski definition) is 1. The maximum absolute atomic E-state index is 7.56. The minimum Gasteiger partial charge on any atom is -0.325 e. The molecule has 0 aromatic rings. The third-order valence-corrected chi connectivity index (χ3v) is 0. The van der Waals surface area contributed by atoms with Crippen LogP contribution in [-0.2, 0) is 11.8 Å². The quantitative estimate of drug-likeness (QED) is 0.322. The molecule has 0 aliphatic heterocycles. The minimum absolute atomic E-state index is 0. The van der Waals surface area contributed by atoms with E-state index in [1.54, 1.807) is 0 Å². The molecule has 0 heterocycles. The maximum atomic E-state index is 7.56. The van der Waals surface area contributed by atoms with Crippen LogP contribution < -0.4 is 0 Å². The molecule has 0 aliphatic carbocycles. The summed E-state index contributed by atoms with van der Waals surface area (Å²) in [6.45, 7) is -3.81. The Hall–Kier alpha value is 3.05. The molecule has 0 saturated heterocycles. The van der Waals surface area contributed by atoms with E-state index in [9.17, 15) is 0 Å². The minimum atomic E-state index is -3.81. The molecule has 0 bridgehead atoms. The first-order valence-corrected chi connectivity index (χ1v) is 3.44. The normalized spacial score (nSPS) is 8.43. The third kappa shape index (κ3) is 48.4. The van der Waals surface area contributed by atoms with Gasteiger partial charge in [0.05, 0.1) is 0 Å². The second-order valence-electron chi connectivity index (χ2n) is 0.513. The van der Waals surface area contributed by atoms with Gasteiger partial charge in [-0.05, 0) is 11.8 Å². The van der Waals surface area contributed by atoms with Gasteiger partial charge in [0.15, 0.2) is 0 Å². The van der Waals surface area contributed by atoms with Gasteiger partial charge in [-0.15, -0.1) is 0 Å². The molecule has 7 heavy (non-hydrogen) atoms. The summed E-state index contributed by atoms with van der Waals surface area (Å²) in [5.41, 5.74) is 0. The van der Waals surface area contributed by atoms with E-state index in [0.29, 0.717) is 0 Å². The average molecular weight is 194 g/mol. The smallest absolute Gasteiger partial charge is 0.325 e. The molecule has 0 unspecified atom stereocenters. The molecular formula is H3Ca2O3PS+4. The molecule has 7 heteroatoms. The summed E-state index contributed by atoms with van der Waals surface area (Å²) in [5.74, 6) is 0. The third-order valence-electron chi connectivity index (χ3n) is 0. The SMILES string of the molecule is OP(O)(O)=S.[Ca+2].[Ca+2]. The van der Waals surface area contributed by atoms with Crippen LogP contribution in [0.3, 0.4) is 0 Å². The van der Waals surface area contributed by atoms with E-state index >= 15 is 0 Å². The van der Waals surface area contributed by atoms with Gasteiger partial charge in [-0.25, -0.2) is 0 Å². The zero-order valence-corrected chi connectivity index (χ0v) is 9.74. The van der Waals surface area contributed by atoms with Gasteiger partial charge in [-0.3, -0.25) is 0 Å². The summed E-state index contributed by atoms with van der Waals surface area (Å²) in [6, 6.07) is 0. The Bertz CT molecular complexity index is 59.1. The average Bonchev–Trinajstić information content (AvgIpc) is 0.722. The van der Waals surface area contributed by atoms with Crippen molar-refractivity contribution in [1.29, 1.82) is 0 Å². The molecule has 0 amide bonds. The number of hydrogen-bond donors (Lipinski definition) is 3. The topological polar surface area (TPSA) is 60.7 Å². The van der Waals surface area contributed by atoms with Gasteiger partial charge in [0.1, 0.15) is 0 Å². The Morgan fingerprint density at radius 3 is 1.00 bits per heavy atom. The molecule has 0 spiro atoms. The van der Waals surface area contributed by atoms with Crippen molar-refractivity contribution in [3.05, 3.63) is 0 Å². The molecule has 3 nitrogen and oxygen atoms in total. The summed E-state index contributed by atoms with van der Waals surface area (Å²) in [4.78, 5) is 22.7. The van der Waals surface area contributed by atoms with Crippen molar-refractivity contribution in [2.75, 3.05) is 0 Å². The van der Waals surface area contributed by atoms with Gasteiger partial charge in [0.2, 0.25) is 0 Å². The second kappa shape index (κ2) is 7.16. The molecule has 0 saturated carbocycles. The zero-order valence-electron chi connectivity index (χ0n) is 3.61. The van der Waals surface area contributed by atoms with Crippen LogP contribution in [0.25, 0.3) is 0 Å². The summed E-state index contributed by atoms with van der Waals surface area (Å²) in [7, 11) is 0. The second-order valence-corrected chi connectivity index (χ2v) is 3.01. The first kappa shape index (κ1) is 16.6. The van der Waals surface area contributed by atoms with Gasteiger partial charge in [-0.2, -0.15) is 0 Å². The van der Waals surface area contributed by atoms with Crippen molar-refractivity contribution in [3.8, 4) is 0 Å². The Kier molecular flexibility index (Phi) is 16.9. The summed E-state index contributed by atoms with van der Waals surface area (Å²) >= 11 is 3.60. The Labute approximate surface area is 106 Å². The van der Waals surface area contributed by atoms with E-state index in [1.165, 1.54) is 0 Å². The molecule has 3 N–H and O–H groups in total. The Balaban J connectivity index is -0.0000000800. The maximum Gasteiger partial charge on any atom is 2.00 e. The molecule has 0 atom stereocenters. The Morgan fingerprint density at radius 1 is 1.00 bits per heavy atom. The van der Waals surface area contributed by atoms with Gasteiger partial charge in [0, 0.05) is 0 Å². The predicted molar refractivity (Wildman–Crippen MR) is 32.4 cm³/mol. The van der Waals surface area contributed by atoms with Crippen LogP contribution in [0.15, 0.2) is 0 Å². The van der Waals surface area contributed by atoms with Gasteiger partial charge < -0.3 is 14.7 Å². The molecule has 32 valence electrons. The summed E-state index contributed by atoms with van der Waals surface area (Å²) in [6.07, 6.45) is 0. The monoisotopic (exact) mass is 194 g/mol. The molecule has 0 rings (SSSR count). The van der Waals surface area contributed by atoms with Crippen LogP contribution in [0, 0.1) is 0 Å². The van der Waals surface area contributed by atoms with E-state index < -0.39 is 6.72 Å². The standard InChI is InChI=1S/2Ca.H3O3PS/c;;1-4(2,3)5/h;;(H3,1,2,3,5)/q2*+2;. The van der Waals surface area contributed by atoms with Gasteiger partial charge in [0.25, 0.3) is 0 Å². The first-order chi connectivity index (χ1) is 2.00. The van der Waals surface area contributed by atoms with Crippen LogP contribution in [0.5, 0.6) is 0 Å². The van der Waals surface area contributed by atoms with E-state index in [0.717, 1.165) is 0 Å². The van der Waals surface area contributed by atoms with Crippen LogP contribution >= 0.6 is 6.72 Å². The van der Waals surface area contributed by atoms with Crippen molar-refractivity contribution in [3.63, 3.8) is 0 Å². The fraction of sp³-hybridized carbons (Fsp3) is 0. The van der Waals surface area contributed by atoms with Crippen molar-refractivity contribution < 1.29 is 14.7 Å². The van der Waals surface area contributed by atoms with Crippen LogP contribution in [0.2, 0.25) is 0 Å². The molecule has 0 aromatic carbocycles. The van der Waals surface area contributed by atoms with Crippen molar-refractivity contribution in [1.82, 2.24) is 0 Å². The Morgan fingerprint density at radius 2 is 1.00 bits per heavy atom. The molecule has 0 aromatic heterocycles. The fourth-order valence-corrected chi connectivity index (χ4v) is 0. The van der Waals surface area contributed by atoms with E-state index in [4.69, 9.17) is 14.7 Å². The molecule has 0 aliphatic rings. The fourth-order valence-electron chi connectivity index (χ4n) is 0. The van der Waals surface area contributed by atoms with Crippen LogP contribution in [0.1, 0.15) is 0 Å². The van der Waals surface area contributed by atoms with Crippen LogP contribution in [0.4, 0.5) is 0 Å². The van der Waals surface area contributed by atoms with Crippen molar-refractivity contribution >= 4 is 94.0 Å². The summed E-state index contributed by atoms with van der Waals surface area (Å²) < 4.78 is 0. The van der Waals surface area contributed by atoms with Crippen LogP contribution in [-0.4, -0.2) is 90.2 Å². The molecule has 0 fully saturated rings. The van der Waals surface area contributed by atoms with Gasteiger partial charge >= 0.3 is 82.2 Å². The van der Waals surface area contributed by atoms with E-state index in [2.05, 4.69) is 11.8 Å². The predicted octanol–water partition coefficient (Wildman–Crippen LogP) is -1.57. The van der Waals surface area contributed by atoms with Crippen molar-refractivity contribution in [2.45, 2.75) is 0 Å². The van der Waals surface area contributed by atoms with Crippen molar-refractivity contribution in [2.24, 2.45) is 0 Å². The van der Waals surface area contributed by atoms with E-state index in [1.807, 2.05) is 0 Å². The zero-order chi connectivity index (χ0) is 4.50. The van der Waals surface area contributed by atoms with E-state index in [-0.39, 0.29) is 75.5 Å². The first-order valence-electron chi connectivity index (χ1n) is 0.783. The molecular weight excluding hydrogens is 191 g/mol. The van der Waals surface area contributed by atoms with Gasteiger partial charge in [-0.1, -0.05) is 0 Å².